The van der Waals surface area contributed by atoms with Crippen molar-refractivity contribution in [3.05, 3.63) is 69.8 Å². The van der Waals surface area contributed by atoms with Crippen molar-refractivity contribution < 1.29 is 24.0 Å². The van der Waals surface area contributed by atoms with Crippen molar-refractivity contribution >= 4 is 17.7 Å². The lowest BCUT2D eigenvalue weighted by atomic mass is 9.69. The molecule has 0 unspecified atom stereocenters. The van der Waals surface area contributed by atoms with E-state index in [1.165, 1.54) is 7.11 Å². The third kappa shape index (κ3) is 4.10. The van der Waals surface area contributed by atoms with Gasteiger partial charge in [-0.05, 0) is 57.0 Å². The Morgan fingerprint density at radius 2 is 1.77 bits per heavy atom. The van der Waals surface area contributed by atoms with Gasteiger partial charge in [0.1, 0.15) is 11.4 Å². The Balaban J connectivity index is 2.14. The number of nitrogens with zero attached hydrogens (tertiary/aromatic N) is 2. The molecule has 8 nitrogen and oxygen atoms in total. The standard InChI is InChI=1S/C23H26N2O6/c1-22(2,3)31-21(27)25-19-9-7-6-8-17(19)23(4,20(25)26)18(14-24(28)29)15-10-12-16(30-5)13-11-15/h6-13,18H,14H2,1-5H3/t18-,23-/m1/s1. The van der Waals surface area contributed by atoms with Crippen molar-refractivity contribution in [1.82, 2.24) is 0 Å². The number of ether oxygens (including phenoxy) is 2. The Bertz CT molecular complexity index is 1010. The highest BCUT2D eigenvalue weighted by Crippen LogP contribution is 2.50. The lowest BCUT2D eigenvalue weighted by molar-refractivity contribution is -0.484. The smallest absolute Gasteiger partial charge is 0.421 e. The first-order valence-corrected chi connectivity index (χ1v) is 9.92. The molecule has 0 saturated heterocycles. The molecule has 31 heavy (non-hydrogen) atoms. The fraction of sp³-hybridized carbons (Fsp3) is 0.391. The second-order valence-electron chi connectivity index (χ2n) is 8.68. The number of fused-ring (bicyclic) bond motifs is 1. The molecule has 3 rings (SSSR count). The van der Waals surface area contributed by atoms with E-state index in [0.29, 0.717) is 22.6 Å². The van der Waals surface area contributed by atoms with Crippen molar-refractivity contribution in [2.45, 2.75) is 44.6 Å². The second-order valence-corrected chi connectivity index (χ2v) is 8.68. The van der Waals surface area contributed by atoms with Gasteiger partial charge in [0.15, 0.2) is 0 Å². The van der Waals surface area contributed by atoms with Crippen LogP contribution < -0.4 is 9.64 Å². The van der Waals surface area contributed by atoms with Crippen LogP contribution in [0.15, 0.2) is 48.5 Å². The Kier molecular flexibility index (Phi) is 5.76. The number of rotatable bonds is 5. The third-order valence-electron chi connectivity index (χ3n) is 5.47. The molecule has 0 spiro atoms. The lowest BCUT2D eigenvalue weighted by Crippen LogP contribution is -2.47. The summed E-state index contributed by atoms with van der Waals surface area (Å²) in [6, 6.07) is 13.7. The van der Waals surface area contributed by atoms with Crippen molar-refractivity contribution in [2.24, 2.45) is 0 Å². The molecule has 0 aliphatic carbocycles. The van der Waals surface area contributed by atoms with E-state index >= 15 is 0 Å². The van der Waals surface area contributed by atoms with Crippen LogP contribution in [0, 0.1) is 10.1 Å². The average Bonchev–Trinajstić information content (AvgIpc) is 2.93. The van der Waals surface area contributed by atoms with Crippen LogP contribution in [0.5, 0.6) is 5.75 Å². The average molecular weight is 426 g/mol. The highest BCUT2D eigenvalue weighted by Gasteiger charge is 2.56. The Labute approximate surface area is 180 Å². The molecule has 2 amide bonds. The van der Waals surface area contributed by atoms with Gasteiger partial charge in [0.05, 0.1) is 24.1 Å². The summed E-state index contributed by atoms with van der Waals surface area (Å²) in [6.07, 6.45) is -0.803. The van der Waals surface area contributed by atoms with Gasteiger partial charge in [-0.2, -0.15) is 0 Å². The largest absolute Gasteiger partial charge is 0.497 e. The number of hydrogen-bond donors (Lipinski definition) is 0. The van der Waals surface area contributed by atoms with Crippen molar-refractivity contribution in [3.8, 4) is 5.75 Å². The summed E-state index contributed by atoms with van der Waals surface area (Å²) < 4.78 is 10.6. The van der Waals surface area contributed by atoms with Gasteiger partial charge in [0, 0.05) is 4.92 Å². The molecule has 0 N–H and O–H groups in total. The molecule has 1 heterocycles. The number of carbonyl (C=O) groups is 2. The van der Waals surface area contributed by atoms with Gasteiger partial charge in [0.2, 0.25) is 12.5 Å². The summed E-state index contributed by atoms with van der Waals surface area (Å²) in [6.45, 7) is 6.30. The zero-order valence-corrected chi connectivity index (χ0v) is 18.2. The molecule has 0 bridgehead atoms. The minimum Gasteiger partial charge on any atom is -0.497 e. The first kappa shape index (κ1) is 22.3. The van der Waals surface area contributed by atoms with E-state index in [9.17, 15) is 19.7 Å². The highest BCUT2D eigenvalue weighted by atomic mass is 16.6. The predicted octanol–water partition coefficient (Wildman–Crippen LogP) is 4.30. The number of amides is 2. The third-order valence-corrected chi connectivity index (χ3v) is 5.47. The van der Waals surface area contributed by atoms with Crippen LogP contribution >= 0.6 is 0 Å². The van der Waals surface area contributed by atoms with Gasteiger partial charge < -0.3 is 9.47 Å². The van der Waals surface area contributed by atoms with Gasteiger partial charge >= 0.3 is 6.09 Å². The summed E-state index contributed by atoms with van der Waals surface area (Å²) in [7, 11) is 1.53. The van der Waals surface area contributed by atoms with Crippen LogP contribution in [0.4, 0.5) is 10.5 Å². The number of benzene rings is 2. The molecule has 2 aromatic rings. The number of carbonyl (C=O) groups excluding carboxylic acids is 2. The monoisotopic (exact) mass is 426 g/mol. The van der Waals surface area contributed by atoms with E-state index in [1.807, 2.05) is 0 Å². The molecule has 2 aromatic carbocycles. The Hall–Kier alpha value is -3.42. The van der Waals surface area contributed by atoms with Crippen LogP contribution in [-0.2, 0) is 14.9 Å². The number of hydrogen-bond acceptors (Lipinski definition) is 6. The van der Waals surface area contributed by atoms with Gasteiger partial charge in [-0.1, -0.05) is 30.3 Å². The number of nitro groups is 1. The zero-order valence-electron chi connectivity index (χ0n) is 18.2. The fourth-order valence-corrected chi connectivity index (χ4v) is 4.00. The number of anilines is 1. The van der Waals surface area contributed by atoms with E-state index in [0.717, 1.165) is 4.90 Å². The summed E-state index contributed by atoms with van der Waals surface area (Å²) in [5, 5.41) is 11.6. The molecule has 2 atom stereocenters. The number of imide groups is 1. The predicted molar refractivity (Wildman–Crippen MR) is 115 cm³/mol. The first-order chi connectivity index (χ1) is 14.5. The van der Waals surface area contributed by atoms with E-state index in [2.05, 4.69) is 0 Å². The summed E-state index contributed by atoms with van der Waals surface area (Å²) in [4.78, 5) is 38.8. The maximum absolute atomic E-state index is 13.7. The lowest BCUT2D eigenvalue weighted by Gasteiger charge is -2.31. The molecule has 1 aliphatic rings. The minimum atomic E-state index is -1.34. The van der Waals surface area contributed by atoms with E-state index < -0.39 is 40.4 Å². The zero-order chi connectivity index (χ0) is 23.0. The number of para-hydroxylation sites is 1. The van der Waals surface area contributed by atoms with Crippen LogP contribution in [0.3, 0.4) is 0 Å². The van der Waals surface area contributed by atoms with E-state index in [-0.39, 0.29) is 0 Å². The Morgan fingerprint density at radius 1 is 1.16 bits per heavy atom. The van der Waals surface area contributed by atoms with Gasteiger partial charge in [-0.25, -0.2) is 9.69 Å². The van der Waals surface area contributed by atoms with Crippen molar-refractivity contribution in [3.63, 3.8) is 0 Å². The molecule has 1 aliphatic heterocycles. The van der Waals surface area contributed by atoms with Crippen molar-refractivity contribution in [2.75, 3.05) is 18.6 Å². The van der Waals surface area contributed by atoms with Gasteiger partial charge in [0.25, 0.3) is 0 Å². The Morgan fingerprint density at radius 3 is 2.32 bits per heavy atom. The van der Waals surface area contributed by atoms with Crippen LogP contribution in [-0.4, -0.2) is 36.2 Å². The van der Waals surface area contributed by atoms with Gasteiger partial charge in [-0.3, -0.25) is 14.9 Å². The maximum Gasteiger partial charge on any atom is 0.421 e. The summed E-state index contributed by atoms with van der Waals surface area (Å²) >= 11 is 0. The van der Waals surface area contributed by atoms with Crippen LogP contribution in [0.1, 0.15) is 44.7 Å². The molecule has 0 fully saturated rings. The van der Waals surface area contributed by atoms with Crippen molar-refractivity contribution in [1.29, 1.82) is 0 Å². The fourth-order valence-electron chi connectivity index (χ4n) is 4.00. The topological polar surface area (TPSA) is 99.0 Å². The highest BCUT2D eigenvalue weighted by molar-refractivity contribution is 6.21. The quantitative estimate of drug-likeness (QED) is 0.522. The van der Waals surface area contributed by atoms with E-state index in [1.54, 1.807) is 76.2 Å². The van der Waals surface area contributed by atoms with Crippen LogP contribution in [0.2, 0.25) is 0 Å². The second kappa shape index (κ2) is 8.02. The SMILES string of the molecule is COc1ccc([C@@H](C[N+](=O)[O-])[C@]2(C)C(=O)N(C(=O)OC(C)(C)C)c3ccccc32)cc1. The molecule has 0 saturated carbocycles. The van der Waals surface area contributed by atoms with Gasteiger partial charge in [-0.15, -0.1) is 0 Å². The number of methoxy groups -OCH3 is 1. The minimum absolute atomic E-state index is 0.381. The summed E-state index contributed by atoms with van der Waals surface area (Å²) in [5.41, 5.74) is -0.606. The molecule has 8 heteroatoms. The summed E-state index contributed by atoms with van der Waals surface area (Å²) in [5.74, 6) is -0.762. The first-order valence-electron chi connectivity index (χ1n) is 9.92. The molecule has 164 valence electrons. The van der Waals surface area contributed by atoms with Crippen LogP contribution in [0.25, 0.3) is 0 Å². The van der Waals surface area contributed by atoms with E-state index in [4.69, 9.17) is 9.47 Å². The normalized spacial score (nSPS) is 19.0. The molecular formula is C23H26N2O6. The molecule has 0 aromatic heterocycles. The molecular weight excluding hydrogens is 400 g/mol. The molecule has 0 radical (unpaired) electrons. The maximum atomic E-state index is 13.7.